The fourth-order valence-corrected chi connectivity index (χ4v) is 2.75. The SMILES string of the molecule is CC1CC(OC(=O)c2ccc(N(C)C)c(N)c2)CC(C)O1. The lowest BCUT2D eigenvalue weighted by Gasteiger charge is -2.31. The number of rotatable bonds is 3. The molecular formula is C16H24N2O3. The monoisotopic (exact) mass is 292 g/mol. The summed E-state index contributed by atoms with van der Waals surface area (Å²) in [6.07, 6.45) is 1.62. The summed E-state index contributed by atoms with van der Waals surface area (Å²) in [5.74, 6) is -0.321. The molecule has 0 amide bonds. The molecule has 0 saturated carbocycles. The zero-order valence-corrected chi connectivity index (χ0v) is 13.1. The van der Waals surface area contributed by atoms with Crippen molar-refractivity contribution in [1.82, 2.24) is 0 Å². The van der Waals surface area contributed by atoms with Crippen molar-refractivity contribution in [3.63, 3.8) is 0 Å². The van der Waals surface area contributed by atoms with Crippen LogP contribution in [0.25, 0.3) is 0 Å². The van der Waals surface area contributed by atoms with E-state index in [1.54, 1.807) is 12.1 Å². The van der Waals surface area contributed by atoms with Crippen molar-refractivity contribution in [3.8, 4) is 0 Å². The Labute approximate surface area is 126 Å². The number of nitrogens with two attached hydrogens (primary N) is 1. The maximum absolute atomic E-state index is 12.2. The Balaban J connectivity index is 2.05. The summed E-state index contributed by atoms with van der Waals surface area (Å²) in [4.78, 5) is 14.1. The van der Waals surface area contributed by atoms with Gasteiger partial charge in [0.15, 0.2) is 0 Å². The van der Waals surface area contributed by atoms with Gasteiger partial charge in [0.25, 0.3) is 0 Å². The van der Waals surface area contributed by atoms with E-state index in [-0.39, 0.29) is 24.3 Å². The van der Waals surface area contributed by atoms with Crippen LogP contribution in [0.15, 0.2) is 18.2 Å². The summed E-state index contributed by atoms with van der Waals surface area (Å²) in [6, 6.07) is 5.26. The molecular weight excluding hydrogens is 268 g/mol. The van der Waals surface area contributed by atoms with Crippen LogP contribution >= 0.6 is 0 Å². The standard InChI is InChI=1S/C16H24N2O3/c1-10-7-13(8-11(2)20-10)21-16(19)12-5-6-15(18(3)4)14(17)9-12/h5-6,9-11,13H,7-8,17H2,1-4H3. The van der Waals surface area contributed by atoms with Gasteiger partial charge < -0.3 is 20.1 Å². The van der Waals surface area contributed by atoms with Crippen molar-refractivity contribution in [2.45, 2.75) is 45.0 Å². The number of anilines is 2. The summed E-state index contributed by atoms with van der Waals surface area (Å²) in [6.45, 7) is 4.00. The normalized spacial score (nSPS) is 25.4. The minimum absolute atomic E-state index is 0.0917. The first-order valence-electron chi connectivity index (χ1n) is 7.30. The molecule has 5 nitrogen and oxygen atoms in total. The quantitative estimate of drug-likeness (QED) is 0.685. The topological polar surface area (TPSA) is 64.8 Å². The molecule has 1 aliphatic rings. The molecule has 2 N–H and O–H groups in total. The lowest BCUT2D eigenvalue weighted by atomic mass is 10.0. The molecule has 1 aromatic rings. The van der Waals surface area contributed by atoms with Gasteiger partial charge in [0.1, 0.15) is 6.10 Å². The number of benzene rings is 1. The van der Waals surface area contributed by atoms with Crippen LogP contribution in [0.2, 0.25) is 0 Å². The highest BCUT2D eigenvalue weighted by atomic mass is 16.6. The molecule has 0 aliphatic carbocycles. The second kappa shape index (κ2) is 6.35. The zero-order chi connectivity index (χ0) is 15.6. The number of esters is 1. The highest BCUT2D eigenvalue weighted by Crippen LogP contribution is 2.25. The maximum atomic E-state index is 12.2. The molecule has 0 radical (unpaired) electrons. The second-order valence-electron chi connectivity index (χ2n) is 5.92. The van der Waals surface area contributed by atoms with Crippen molar-refractivity contribution < 1.29 is 14.3 Å². The van der Waals surface area contributed by atoms with Gasteiger partial charge in [-0.3, -0.25) is 0 Å². The van der Waals surface area contributed by atoms with Crippen LogP contribution in [0, 0.1) is 0 Å². The zero-order valence-electron chi connectivity index (χ0n) is 13.1. The summed E-state index contributed by atoms with van der Waals surface area (Å²) in [5.41, 5.74) is 7.92. The summed E-state index contributed by atoms with van der Waals surface area (Å²) in [7, 11) is 3.82. The van der Waals surface area contributed by atoms with Gasteiger partial charge in [0, 0.05) is 26.9 Å². The van der Waals surface area contributed by atoms with E-state index in [2.05, 4.69) is 0 Å². The van der Waals surface area contributed by atoms with Crippen molar-refractivity contribution in [3.05, 3.63) is 23.8 Å². The number of hydrogen-bond acceptors (Lipinski definition) is 5. The molecule has 2 atom stereocenters. The van der Waals surface area contributed by atoms with E-state index in [1.807, 2.05) is 38.9 Å². The number of carbonyl (C=O) groups is 1. The Morgan fingerprint density at radius 1 is 1.29 bits per heavy atom. The van der Waals surface area contributed by atoms with Gasteiger partial charge in [-0.2, -0.15) is 0 Å². The van der Waals surface area contributed by atoms with E-state index in [0.717, 1.165) is 18.5 Å². The third kappa shape index (κ3) is 3.88. The highest BCUT2D eigenvalue weighted by molar-refractivity contribution is 5.92. The van der Waals surface area contributed by atoms with Crippen LogP contribution in [-0.4, -0.2) is 38.4 Å². The minimum atomic E-state index is -0.321. The molecule has 0 spiro atoms. The molecule has 1 aliphatic heterocycles. The van der Waals surface area contributed by atoms with Gasteiger partial charge in [-0.25, -0.2) is 4.79 Å². The lowest BCUT2D eigenvalue weighted by Crippen LogP contribution is -2.35. The molecule has 5 heteroatoms. The smallest absolute Gasteiger partial charge is 0.338 e. The molecule has 1 saturated heterocycles. The van der Waals surface area contributed by atoms with E-state index >= 15 is 0 Å². The number of nitrogen functional groups attached to an aromatic ring is 1. The van der Waals surface area contributed by atoms with Crippen molar-refractivity contribution >= 4 is 17.3 Å². The Bertz CT molecular complexity index is 506. The fraction of sp³-hybridized carbons (Fsp3) is 0.562. The van der Waals surface area contributed by atoms with Crippen molar-refractivity contribution in [2.24, 2.45) is 0 Å². The number of hydrogen-bond donors (Lipinski definition) is 1. The van der Waals surface area contributed by atoms with Crippen LogP contribution in [0.3, 0.4) is 0 Å². The first-order chi connectivity index (χ1) is 9.86. The van der Waals surface area contributed by atoms with Crippen LogP contribution in [0.4, 0.5) is 11.4 Å². The van der Waals surface area contributed by atoms with Gasteiger partial charge in [0.2, 0.25) is 0 Å². The first kappa shape index (κ1) is 15.6. The molecule has 2 rings (SSSR count). The van der Waals surface area contributed by atoms with Gasteiger partial charge >= 0.3 is 5.97 Å². The fourth-order valence-electron chi connectivity index (χ4n) is 2.75. The van der Waals surface area contributed by atoms with Crippen molar-refractivity contribution in [2.75, 3.05) is 24.7 Å². The van der Waals surface area contributed by atoms with E-state index in [0.29, 0.717) is 11.3 Å². The van der Waals surface area contributed by atoms with Crippen LogP contribution in [0.1, 0.15) is 37.0 Å². The van der Waals surface area contributed by atoms with Gasteiger partial charge in [0.05, 0.1) is 29.1 Å². The van der Waals surface area contributed by atoms with E-state index < -0.39 is 0 Å². The average molecular weight is 292 g/mol. The molecule has 0 aromatic heterocycles. The summed E-state index contributed by atoms with van der Waals surface area (Å²) < 4.78 is 11.2. The number of nitrogens with zero attached hydrogens (tertiary/aromatic N) is 1. The van der Waals surface area contributed by atoms with Gasteiger partial charge in [-0.1, -0.05) is 0 Å². The highest BCUT2D eigenvalue weighted by Gasteiger charge is 2.27. The van der Waals surface area contributed by atoms with Gasteiger partial charge in [-0.15, -0.1) is 0 Å². The number of ether oxygens (including phenoxy) is 2. The largest absolute Gasteiger partial charge is 0.459 e. The third-order valence-corrected chi connectivity index (χ3v) is 3.67. The summed E-state index contributed by atoms with van der Waals surface area (Å²) >= 11 is 0. The van der Waals surface area contributed by atoms with Crippen LogP contribution in [-0.2, 0) is 9.47 Å². The molecule has 2 unspecified atom stereocenters. The summed E-state index contributed by atoms with van der Waals surface area (Å²) in [5, 5.41) is 0. The Morgan fingerprint density at radius 2 is 1.90 bits per heavy atom. The van der Waals surface area contributed by atoms with Crippen LogP contribution in [0.5, 0.6) is 0 Å². The third-order valence-electron chi connectivity index (χ3n) is 3.67. The minimum Gasteiger partial charge on any atom is -0.459 e. The lowest BCUT2D eigenvalue weighted by molar-refractivity contribution is -0.0855. The number of carbonyl (C=O) groups excluding carboxylic acids is 1. The molecule has 21 heavy (non-hydrogen) atoms. The first-order valence-corrected chi connectivity index (χ1v) is 7.30. The predicted octanol–water partition coefficient (Wildman–Crippen LogP) is 2.45. The Morgan fingerprint density at radius 3 is 2.43 bits per heavy atom. The molecule has 1 heterocycles. The van der Waals surface area contributed by atoms with Crippen molar-refractivity contribution in [1.29, 1.82) is 0 Å². The Hall–Kier alpha value is -1.75. The molecule has 1 fully saturated rings. The van der Waals surface area contributed by atoms with Crippen LogP contribution < -0.4 is 10.6 Å². The second-order valence-corrected chi connectivity index (χ2v) is 5.92. The molecule has 0 bridgehead atoms. The Kier molecular flexibility index (Phi) is 4.73. The van der Waals surface area contributed by atoms with E-state index in [9.17, 15) is 4.79 Å². The molecule has 116 valence electrons. The predicted molar refractivity (Wildman–Crippen MR) is 83.6 cm³/mol. The average Bonchev–Trinajstić information content (AvgIpc) is 2.36. The van der Waals surface area contributed by atoms with Gasteiger partial charge in [-0.05, 0) is 32.0 Å². The molecule has 1 aromatic carbocycles. The van der Waals surface area contributed by atoms with E-state index in [4.69, 9.17) is 15.2 Å². The maximum Gasteiger partial charge on any atom is 0.338 e. The van der Waals surface area contributed by atoms with E-state index in [1.165, 1.54) is 0 Å².